The van der Waals surface area contributed by atoms with E-state index in [1.165, 1.54) is 18.3 Å². The van der Waals surface area contributed by atoms with Crippen molar-refractivity contribution in [2.75, 3.05) is 24.5 Å². The topological polar surface area (TPSA) is 161 Å². The summed E-state index contributed by atoms with van der Waals surface area (Å²) >= 11 is 1.10. The quantitative estimate of drug-likeness (QED) is 0.265. The van der Waals surface area contributed by atoms with Gasteiger partial charge in [0.05, 0.1) is 21.4 Å². The molecule has 20 heteroatoms. The Labute approximate surface area is 259 Å². The number of fused-ring (bicyclic) bond motifs is 1. The van der Waals surface area contributed by atoms with Gasteiger partial charge in [-0.05, 0) is 42.0 Å². The summed E-state index contributed by atoms with van der Waals surface area (Å²) in [5.41, 5.74) is 4.67. The van der Waals surface area contributed by atoms with Crippen LogP contribution in [-0.2, 0) is 27.5 Å². The molecule has 0 spiro atoms. The summed E-state index contributed by atoms with van der Waals surface area (Å²) in [4.78, 5) is 38.3. The Hall–Kier alpha value is -4.56. The molecule has 5 rings (SSSR count). The van der Waals surface area contributed by atoms with Crippen molar-refractivity contribution in [2.45, 2.75) is 30.0 Å². The number of aromatic nitrogens is 3. The molecule has 3 heterocycles. The van der Waals surface area contributed by atoms with Gasteiger partial charge in [-0.2, -0.15) is 22.5 Å². The van der Waals surface area contributed by atoms with Gasteiger partial charge in [0.1, 0.15) is 11.8 Å². The average Bonchev–Trinajstić information content (AvgIpc) is 3.43. The summed E-state index contributed by atoms with van der Waals surface area (Å²) in [6, 6.07) is 6.03. The predicted molar refractivity (Wildman–Crippen MR) is 150 cm³/mol. The number of primary amides is 1. The Balaban J connectivity index is 1.41. The van der Waals surface area contributed by atoms with Gasteiger partial charge in [0.25, 0.3) is 5.91 Å². The van der Waals surface area contributed by atoms with Gasteiger partial charge in [-0.25, -0.2) is 18.4 Å². The molecule has 1 aliphatic heterocycles. The number of ether oxygens (including phenoxy) is 1. The molecule has 0 aliphatic carbocycles. The Morgan fingerprint density at radius 3 is 2.28 bits per heavy atom. The van der Waals surface area contributed by atoms with E-state index in [9.17, 15) is 44.3 Å². The number of carbonyl (C=O) groups is 2. The number of thiazole rings is 1. The summed E-state index contributed by atoms with van der Waals surface area (Å²) < 4.78 is 109. The lowest BCUT2D eigenvalue weighted by Gasteiger charge is -2.39. The highest BCUT2D eigenvalue weighted by atomic mass is 32.2. The molecule has 3 N–H and O–H groups in total. The number of nitrogens with one attached hydrogen (secondary N) is 1. The van der Waals surface area contributed by atoms with E-state index in [4.69, 9.17) is 5.73 Å². The number of carbonyl (C=O) groups excluding carboxylic acids is 2. The second-order valence-corrected chi connectivity index (χ2v) is 12.7. The van der Waals surface area contributed by atoms with Crippen LogP contribution >= 0.6 is 11.3 Å². The van der Waals surface area contributed by atoms with Gasteiger partial charge in [0.2, 0.25) is 21.8 Å². The second kappa shape index (κ2) is 12.3. The largest absolute Gasteiger partial charge is 0.573 e. The lowest BCUT2D eigenvalue weighted by Crippen LogP contribution is -2.60. The summed E-state index contributed by atoms with van der Waals surface area (Å²) in [5, 5.41) is 2.88. The van der Waals surface area contributed by atoms with Crippen molar-refractivity contribution in [2.24, 2.45) is 5.73 Å². The predicted octanol–water partition coefficient (Wildman–Crippen LogP) is 3.30. The van der Waals surface area contributed by atoms with Gasteiger partial charge >= 0.3 is 12.5 Å². The van der Waals surface area contributed by atoms with E-state index in [1.54, 1.807) is 4.90 Å². The third-order valence-electron chi connectivity index (χ3n) is 6.68. The third-order valence-corrected chi connectivity index (χ3v) is 9.64. The number of anilines is 1. The number of hydrogen-bond donors (Lipinski definition) is 2. The highest BCUT2D eigenvalue weighted by Gasteiger charge is 2.41. The van der Waals surface area contributed by atoms with E-state index in [-0.39, 0.29) is 37.7 Å². The number of amides is 2. The molecule has 4 aromatic rings. The first-order chi connectivity index (χ1) is 21.5. The molecule has 2 aromatic heterocycles. The highest BCUT2D eigenvalue weighted by molar-refractivity contribution is 7.89. The normalized spacial score (nSPS) is 16.4. The third kappa shape index (κ3) is 7.29. The van der Waals surface area contributed by atoms with E-state index >= 15 is 0 Å². The molecule has 2 aromatic carbocycles. The van der Waals surface area contributed by atoms with Crippen molar-refractivity contribution in [1.29, 1.82) is 0 Å². The first-order valence-electron chi connectivity index (χ1n) is 13.0. The van der Waals surface area contributed by atoms with Gasteiger partial charge in [0, 0.05) is 26.2 Å². The van der Waals surface area contributed by atoms with Gasteiger partial charge in [-0.3, -0.25) is 9.59 Å². The van der Waals surface area contributed by atoms with Crippen LogP contribution < -0.4 is 20.7 Å². The van der Waals surface area contributed by atoms with Crippen LogP contribution in [-0.4, -0.2) is 71.5 Å². The maximum absolute atomic E-state index is 13.6. The first-order valence-corrected chi connectivity index (χ1v) is 15.3. The summed E-state index contributed by atoms with van der Waals surface area (Å²) in [5.74, 6) is -2.43. The minimum Gasteiger partial charge on any atom is -0.406 e. The van der Waals surface area contributed by atoms with E-state index in [0.29, 0.717) is 27.5 Å². The molecule has 1 saturated heterocycles. The van der Waals surface area contributed by atoms with Crippen molar-refractivity contribution in [3.63, 3.8) is 0 Å². The fourth-order valence-electron chi connectivity index (χ4n) is 4.49. The van der Waals surface area contributed by atoms with E-state index in [0.717, 1.165) is 39.9 Å². The zero-order valence-electron chi connectivity index (χ0n) is 23.0. The van der Waals surface area contributed by atoms with Crippen molar-refractivity contribution in [1.82, 2.24) is 24.6 Å². The number of hydrogen-bond acceptors (Lipinski definition) is 10. The minimum absolute atomic E-state index is 0.0141. The summed E-state index contributed by atoms with van der Waals surface area (Å²) in [7, 11) is -4.51. The second-order valence-electron chi connectivity index (χ2n) is 9.75. The number of rotatable bonds is 8. The summed E-state index contributed by atoms with van der Waals surface area (Å²) in [6.45, 7) is -0.721. The first kappa shape index (κ1) is 32.8. The van der Waals surface area contributed by atoms with E-state index < -0.39 is 56.6 Å². The lowest BCUT2D eigenvalue weighted by atomic mass is 10.1. The highest BCUT2D eigenvalue weighted by Crippen LogP contribution is 2.33. The van der Waals surface area contributed by atoms with Crippen molar-refractivity contribution in [3.8, 4) is 5.75 Å². The molecule has 0 radical (unpaired) electrons. The fourth-order valence-corrected chi connectivity index (χ4v) is 6.97. The maximum Gasteiger partial charge on any atom is 0.573 e. The SMILES string of the molecule is NC(=O)c1ncc2sc(N3CCN(S(=O)(=O)c4ccc(C(F)(F)F)cc4)C(C(=O)NCc4ccc(OC(F)(F)F)cc4)C3)nc2n1. The Kier molecular flexibility index (Phi) is 8.79. The van der Waals surface area contributed by atoms with Crippen molar-refractivity contribution < 1.29 is 49.1 Å². The molecule has 244 valence electrons. The molecule has 1 atom stereocenters. The number of nitrogens with two attached hydrogens (primary N) is 1. The molecule has 1 aliphatic rings. The minimum atomic E-state index is -4.90. The van der Waals surface area contributed by atoms with E-state index in [2.05, 4.69) is 25.0 Å². The molecule has 0 saturated carbocycles. The standard InChI is InChI=1S/C26H21F6N7O5S2/c27-25(28,29)15-3-7-17(8-4-15)46(42,43)39-10-9-38(24-37-21-19(45-24)12-34-22(36-21)20(33)40)13-18(39)23(41)35-11-14-1-5-16(6-2-14)44-26(30,31)32/h1-8,12,18H,9-11,13H2,(H2,33,40)(H,35,41). The monoisotopic (exact) mass is 689 g/mol. The molecule has 46 heavy (non-hydrogen) atoms. The van der Waals surface area contributed by atoms with Crippen LogP contribution in [0, 0.1) is 0 Å². The number of halogens is 6. The zero-order valence-corrected chi connectivity index (χ0v) is 24.7. The van der Waals surface area contributed by atoms with Gasteiger partial charge in [0.15, 0.2) is 10.8 Å². The Morgan fingerprint density at radius 2 is 1.67 bits per heavy atom. The zero-order chi connectivity index (χ0) is 33.4. The molecule has 1 fully saturated rings. The maximum atomic E-state index is 13.6. The van der Waals surface area contributed by atoms with Crippen LogP contribution in [0.2, 0.25) is 0 Å². The molecule has 1 unspecified atom stereocenters. The van der Waals surface area contributed by atoms with Crippen LogP contribution in [0.1, 0.15) is 21.7 Å². The van der Waals surface area contributed by atoms with Gasteiger partial charge in [-0.1, -0.05) is 23.5 Å². The van der Waals surface area contributed by atoms with Crippen LogP contribution in [0.15, 0.2) is 59.6 Å². The van der Waals surface area contributed by atoms with Crippen LogP contribution in [0.25, 0.3) is 10.3 Å². The average molecular weight is 690 g/mol. The number of alkyl halides is 6. The number of benzene rings is 2. The smallest absolute Gasteiger partial charge is 0.406 e. The Morgan fingerprint density at radius 1 is 1.00 bits per heavy atom. The molecule has 2 amide bonds. The van der Waals surface area contributed by atoms with Crippen LogP contribution in [0.3, 0.4) is 0 Å². The Bertz CT molecular complexity index is 1870. The lowest BCUT2D eigenvalue weighted by molar-refractivity contribution is -0.274. The van der Waals surface area contributed by atoms with Crippen molar-refractivity contribution >= 4 is 48.7 Å². The molecular weight excluding hydrogens is 668 g/mol. The van der Waals surface area contributed by atoms with E-state index in [1.807, 2.05) is 0 Å². The molecule has 12 nitrogen and oxygen atoms in total. The van der Waals surface area contributed by atoms with Gasteiger partial charge in [-0.15, -0.1) is 13.2 Å². The molecule has 0 bridgehead atoms. The molecular formula is C26H21F6N7O5S2. The fraction of sp³-hybridized carbons (Fsp3) is 0.269. The van der Waals surface area contributed by atoms with Gasteiger partial charge < -0.3 is 20.7 Å². The van der Waals surface area contributed by atoms with Crippen LogP contribution in [0.4, 0.5) is 31.5 Å². The van der Waals surface area contributed by atoms with Crippen molar-refractivity contribution in [3.05, 3.63) is 71.7 Å². The number of piperazine rings is 1. The summed E-state index contributed by atoms with van der Waals surface area (Å²) in [6.07, 6.45) is -8.26. The number of nitrogens with zero attached hydrogens (tertiary/aromatic N) is 5. The number of sulfonamides is 1. The van der Waals surface area contributed by atoms with Crippen LogP contribution in [0.5, 0.6) is 5.75 Å².